The Morgan fingerprint density at radius 1 is 0.923 bits per heavy atom. The first kappa shape index (κ1) is 9.20. The Morgan fingerprint density at radius 2 is 1.54 bits per heavy atom. The molecular weight excluding hydrogens is 164 g/mol. The smallest absolute Gasteiger partial charge is 0.123 e. The molecular formula is C11H18O2. The second kappa shape index (κ2) is 4.23. The topological polar surface area (TPSA) is 26.3 Å². The average Bonchev–Trinajstić information content (AvgIpc) is 2.12. The predicted molar refractivity (Wildman–Crippen MR) is 50.5 cm³/mol. The summed E-state index contributed by atoms with van der Waals surface area (Å²) in [6.45, 7) is 0. The SMILES string of the molecule is O=C[C@H]1CC[C@H](OC2CCC2)CC1. The third-order valence-corrected chi connectivity index (χ3v) is 3.35. The molecule has 0 bridgehead atoms. The maximum atomic E-state index is 10.5. The van der Waals surface area contributed by atoms with Crippen molar-refractivity contribution >= 4 is 6.29 Å². The van der Waals surface area contributed by atoms with Crippen molar-refractivity contribution in [3.8, 4) is 0 Å². The minimum Gasteiger partial charge on any atom is -0.375 e. The van der Waals surface area contributed by atoms with Crippen molar-refractivity contribution in [3.05, 3.63) is 0 Å². The monoisotopic (exact) mass is 182 g/mol. The minimum atomic E-state index is 0.321. The first-order chi connectivity index (χ1) is 6.38. The lowest BCUT2D eigenvalue weighted by Crippen LogP contribution is -2.30. The Hall–Kier alpha value is -0.370. The Bertz CT molecular complexity index is 167. The van der Waals surface area contributed by atoms with Crippen molar-refractivity contribution in [2.24, 2.45) is 5.92 Å². The van der Waals surface area contributed by atoms with Gasteiger partial charge in [0.2, 0.25) is 0 Å². The van der Waals surface area contributed by atoms with E-state index in [0.29, 0.717) is 18.1 Å². The van der Waals surface area contributed by atoms with E-state index in [1.54, 1.807) is 0 Å². The zero-order valence-electron chi connectivity index (χ0n) is 8.08. The summed E-state index contributed by atoms with van der Waals surface area (Å²) in [5.74, 6) is 0.321. The van der Waals surface area contributed by atoms with E-state index in [4.69, 9.17) is 4.74 Å². The van der Waals surface area contributed by atoms with Gasteiger partial charge in [0, 0.05) is 5.92 Å². The van der Waals surface area contributed by atoms with Gasteiger partial charge in [0.05, 0.1) is 12.2 Å². The number of carbonyl (C=O) groups is 1. The largest absolute Gasteiger partial charge is 0.375 e. The van der Waals surface area contributed by atoms with Crippen molar-refractivity contribution in [3.63, 3.8) is 0 Å². The molecule has 2 nitrogen and oxygen atoms in total. The summed E-state index contributed by atoms with van der Waals surface area (Å²) in [5, 5.41) is 0. The van der Waals surface area contributed by atoms with E-state index in [-0.39, 0.29) is 0 Å². The Kier molecular flexibility index (Phi) is 2.99. The zero-order valence-corrected chi connectivity index (χ0v) is 8.08. The number of aldehydes is 1. The Morgan fingerprint density at radius 3 is 2.00 bits per heavy atom. The van der Waals surface area contributed by atoms with Gasteiger partial charge >= 0.3 is 0 Å². The molecule has 0 unspecified atom stereocenters. The predicted octanol–water partition coefficient (Wildman–Crippen LogP) is 2.31. The van der Waals surface area contributed by atoms with Gasteiger partial charge in [-0.25, -0.2) is 0 Å². The van der Waals surface area contributed by atoms with Crippen LogP contribution in [0.25, 0.3) is 0 Å². The Labute approximate surface area is 79.7 Å². The molecule has 2 rings (SSSR count). The van der Waals surface area contributed by atoms with Crippen LogP contribution in [0.15, 0.2) is 0 Å². The lowest BCUT2D eigenvalue weighted by Gasteiger charge is -2.33. The molecule has 0 aliphatic heterocycles. The van der Waals surface area contributed by atoms with Crippen LogP contribution in [0.2, 0.25) is 0 Å². The molecule has 2 heteroatoms. The van der Waals surface area contributed by atoms with Crippen molar-refractivity contribution in [2.75, 3.05) is 0 Å². The molecule has 0 aromatic carbocycles. The van der Waals surface area contributed by atoms with Gasteiger partial charge in [-0.3, -0.25) is 0 Å². The van der Waals surface area contributed by atoms with Gasteiger partial charge in [0.25, 0.3) is 0 Å². The number of rotatable bonds is 3. The summed E-state index contributed by atoms with van der Waals surface area (Å²) >= 11 is 0. The van der Waals surface area contributed by atoms with Crippen LogP contribution in [-0.4, -0.2) is 18.5 Å². The maximum Gasteiger partial charge on any atom is 0.123 e. The van der Waals surface area contributed by atoms with Crippen LogP contribution in [0.4, 0.5) is 0 Å². The molecule has 0 atom stereocenters. The highest BCUT2D eigenvalue weighted by molar-refractivity contribution is 5.53. The van der Waals surface area contributed by atoms with E-state index in [2.05, 4.69) is 0 Å². The lowest BCUT2D eigenvalue weighted by molar-refractivity contribution is -0.114. The molecule has 2 aliphatic rings. The van der Waals surface area contributed by atoms with E-state index in [0.717, 1.165) is 32.0 Å². The fourth-order valence-corrected chi connectivity index (χ4v) is 2.14. The normalized spacial score (nSPS) is 35.4. The van der Waals surface area contributed by atoms with Gasteiger partial charge in [-0.1, -0.05) is 0 Å². The molecule has 0 spiro atoms. The number of hydrogen-bond donors (Lipinski definition) is 0. The van der Waals surface area contributed by atoms with E-state index in [1.165, 1.54) is 19.3 Å². The molecule has 0 N–H and O–H groups in total. The average molecular weight is 182 g/mol. The van der Waals surface area contributed by atoms with Gasteiger partial charge < -0.3 is 9.53 Å². The molecule has 2 fully saturated rings. The van der Waals surface area contributed by atoms with Gasteiger partial charge in [-0.15, -0.1) is 0 Å². The van der Waals surface area contributed by atoms with E-state index in [1.807, 2.05) is 0 Å². The van der Waals surface area contributed by atoms with Crippen molar-refractivity contribution in [1.29, 1.82) is 0 Å². The third-order valence-electron chi connectivity index (χ3n) is 3.35. The molecule has 0 radical (unpaired) electrons. The molecule has 13 heavy (non-hydrogen) atoms. The molecule has 0 aromatic rings. The molecule has 2 aliphatic carbocycles. The highest BCUT2D eigenvalue weighted by Gasteiger charge is 2.26. The van der Waals surface area contributed by atoms with Crippen LogP contribution >= 0.6 is 0 Å². The second-order valence-corrected chi connectivity index (χ2v) is 4.36. The summed E-state index contributed by atoms with van der Waals surface area (Å²) < 4.78 is 5.90. The van der Waals surface area contributed by atoms with Gasteiger partial charge in [0.15, 0.2) is 0 Å². The van der Waals surface area contributed by atoms with Crippen molar-refractivity contribution in [2.45, 2.75) is 57.2 Å². The van der Waals surface area contributed by atoms with Crippen LogP contribution in [0.5, 0.6) is 0 Å². The first-order valence-corrected chi connectivity index (χ1v) is 5.49. The van der Waals surface area contributed by atoms with Crippen molar-refractivity contribution < 1.29 is 9.53 Å². The van der Waals surface area contributed by atoms with E-state index >= 15 is 0 Å². The number of ether oxygens (including phenoxy) is 1. The maximum absolute atomic E-state index is 10.5. The minimum absolute atomic E-state index is 0.321. The molecule has 0 aromatic heterocycles. The lowest BCUT2D eigenvalue weighted by atomic mass is 9.87. The van der Waals surface area contributed by atoms with E-state index in [9.17, 15) is 4.79 Å². The highest BCUT2D eigenvalue weighted by Crippen LogP contribution is 2.30. The quantitative estimate of drug-likeness (QED) is 0.626. The standard InChI is InChI=1S/C11H18O2/c12-8-9-4-6-11(7-5-9)13-10-2-1-3-10/h8-11H,1-7H2/t9-,11-. The van der Waals surface area contributed by atoms with Crippen LogP contribution < -0.4 is 0 Å². The van der Waals surface area contributed by atoms with Crippen LogP contribution in [0.1, 0.15) is 44.9 Å². The summed E-state index contributed by atoms with van der Waals surface area (Å²) in [6.07, 6.45) is 10.3. The van der Waals surface area contributed by atoms with Gasteiger partial charge in [-0.05, 0) is 44.9 Å². The first-order valence-electron chi connectivity index (χ1n) is 5.49. The van der Waals surface area contributed by atoms with E-state index < -0.39 is 0 Å². The zero-order chi connectivity index (χ0) is 9.10. The number of carbonyl (C=O) groups excluding carboxylic acids is 1. The molecule has 2 saturated carbocycles. The highest BCUT2D eigenvalue weighted by atomic mass is 16.5. The summed E-state index contributed by atoms with van der Waals surface area (Å²) in [4.78, 5) is 10.5. The fraction of sp³-hybridized carbons (Fsp3) is 0.909. The molecule has 0 saturated heterocycles. The van der Waals surface area contributed by atoms with Gasteiger partial charge in [-0.2, -0.15) is 0 Å². The van der Waals surface area contributed by atoms with Gasteiger partial charge in [0.1, 0.15) is 6.29 Å². The van der Waals surface area contributed by atoms with Crippen LogP contribution in [0, 0.1) is 5.92 Å². The summed E-state index contributed by atoms with van der Waals surface area (Å²) in [7, 11) is 0. The van der Waals surface area contributed by atoms with Crippen molar-refractivity contribution in [1.82, 2.24) is 0 Å². The van der Waals surface area contributed by atoms with Crippen LogP contribution in [-0.2, 0) is 9.53 Å². The molecule has 74 valence electrons. The summed E-state index contributed by atoms with van der Waals surface area (Å²) in [6, 6.07) is 0. The molecule has 0 amide bonds. The fourth-order valence-electron chi connectivity index (χ4n) is 2.14. The molecule has 0 heterocycles. The third kappa shape index (κ3) is 2.31. The second-order valence-electron chi connectivity index (χ2n) is 4.36. The van der Waals surface area contributed by atoms with Crippen LogP contribution in [0.3, 0.4) is 0 Å². The summed E-state index contributed by atoms with van der Waals surface area (Å²) in [5.41, 5.74) is 0. The Balaban J connectivity index is 1.68. The number of hydrogen-bond acceptors (Lipinski definition) is 2.